The van der Waals surface area contributed by atoms with Gasteiger partial charge in [-0.15, -0.1) is 0 Å². The summed E-state index contributed by atoms with van der Waals surface area (Å²) in [5.74, 6) is 0.494. The van der Waals surface area contributed by atoms with E-state index in [9.17, 15) is 4.79 Å². The van der Waals surface area contributed by atoms with Crippen LogP contribution in [0.5, 0.6) is 5.75 Å². The SMILES string of the molecule is COc1ccc([C@@H](C)[NH2+][C@H](C)C(N)=O)cc1Br. The Labute approximate surface area is 110 Å². The van der Waals surface area contributed by atoms with Crippen LogP contribution in [0.4, 0.5) is 0 Å². The quantitative estimate of drug-likeness (QED) is 0.850. The largest absolute Gasteiger partial charge is 0.496 e. The predicted octanol–water partition coefficient (Wildman–Crippen LogP) is 0.956. The lowest BCUT2D eigenvalue weighted by Crippen LogP contribution is -2.92. The fourth-order valence-electron chi connectivity index (χ4n) is 1.60. The van der Waals surface area contributed by atoms with Gasteiger partial charge in [0.15, 0.2) is 6.04 Å². The van der Waals surface area contributed by atoms with E-state index in [1.807, 2.05) is 30.4 Å². The van der Waals surface area contributed by atoms with Crippen molar-refractivity contribution < 1.29 is 14.8 Å². The second-order valence-corrected chi connectivity index (χ2v) is 4.92. The highest BCUT2D eigenvalue weighted by atomic mass is 79.9. The van der Waals surface area contributed by atoms with Crippen LogP contribution in [0.2, 0.25) is 0 Å². The van der Waals surface area contributed by atoms with E-state index in [0.29, 0.717) is 0 Å². The zero-order chi connectivity index (χ0) is 13.0. The van der Waals surface area contributed by atoms with E-state index < -0.39 is 0 Å². The maximum absolute atomic E-state index is 11.0. The summed E-state index contributed by atoms with van der Waals surface area (Å²) in [6, 6.07) is 5.82. The number of rotatable bonds is 5. The smallest absolute Gasteiger partial charge is 0.275 e. The Morgan fingerprint density at radius 2 is 2.12 bits per heavy atom. The van der Waals surface area contributed by atoms with Crippen LogP contribution in [0, 0.1) is 0 Å². The van der Waals surface area contributed by atoms with E-state index >= 15 is 0 Å². The third-order valence-electron chi connectivity index (χ3n) is 2.73. The summed E-state index contributed by atoms with van der Waals surface area (Å²) in [6.45, 7) is 3.84. The first-order chi connectivity index (χ1) is 7.95. The van der Waals surface area contributed by atoms with Crippen molar-refractivity contribution in [1.82, 2.24) is 0 Å². The standard InChI is InChI=1S/C12H17BrN2O2/c1-7(15-8(2)12(14)16)9-4-5-11(17-3)10(13)6-9/h4-8,15H,1-3H3,(H2,14,16)/p+1/t7-,8-/m1/s1. The zero-order valence-corrected chi connectivity index (χ0v) is 11.8. The number of hydrogen-bond acceptors (Lipinski definition) is 2. The molecule has 0 heterocycles. The number of methoxy groups -OCH3 is 1. The molecule has 4 nitrogen and oxygen atoms in total. The average Bonchev–Trinajstić information content (AvgIpc) is 2.28. The minimum absolute atomic E-state index is 0.166. The van der Waals surface area contributed by atoms with Crippen molar-refractivity contribution in [3.63, 3.8) is 0 Å². The van der Waals surface area contributed by atoms with Gasteiger partial charge in [-0.3, -0.25) is 4.79 Å². The Bertz CT molecular complexity index is 409. The molecule has 2 atom stereocenters. The molecule has 0 fully saturated rings. The Morgan fingerprint density at radius 3 is 2.59 bits per heavy atom. The molecule has 94 valence electrons. The number of ether oxygens (including phenoxy) is 1. The molecular weight excluding hydrogens is 284 g/mol. The predicted molar refractivity (Wildman–Crippen MR) is 69.7 cm³/mol. The highest BCUT2D eigenvalue weighted by Gasteiger charge is 2.18. The molecule has 0 saturated carbocycles. The second kappa shape index (κ2) is 6.02. The van der Waals surface area contributed by atoms with Gasteiger partial charge in [-0.05, 0) is 48.0 Å². The van der Waals surface area contributed by atoms with Gasteiger partial charge in [0.05, 0.1) is 11.6 Å². The average molecular weight is 302 g/mol. The first-order valence-electron chi connectivity index (χ1n) is 5.43. The summed E-state index contributed by atoms with van der Waals surface area (Å²) in [6.07, 6.45) is 0. The van der Waals surface area contributed by atoms with Crippen molar-refractivity contribution in [2.75, 3.05) is 7.11 Å². The monoisotopic (exact) mass is 301 g/mol. The van der Waals surface area contributed by atoms with Crippen molar-refractivity contribution >= 4 is 21.8 Å². The third-order valence-corrected chi connectivity index (χ3v) is 3.35. The maximum Gasteiger partial charge on any atom is 0.275 e. The molecule has 5 heteroatoms. The molecule has 0 unspecified atom stereocenters. The van der Waals surface area contributed by atoms with Gasteiger partial charge in [-0.2, -0.15) is 0 Å². The van der Waals surface area contributed by atoms with Crippen LogP contribution in [-0.2, 0) is 4.79 Å². The first kappa shape index (κ1) is 14.0. The number of carbonyl (C=O) groups is 1. The number of hydrogen-bond donors (Lipinski definition) is 2. The van der Waals surface area contributed by atoms with E-state index in [0.717, 1.165) is 15.8 Å². The van der Waals surface area contributed by atoms with E-state index in [1.54, 1.807) is 14.0 Å². The van der Waals surface area contributed by atoms with E-state index in [1.165, 1.54) is 0 Å². The highest BCUT2D eigenvalue weighted by molar-refractivity contribution is 9.10. The van der Waals surface area contributed by atoms with Crippen molar-refractivity contribution in [2.45, 2.75) is 25.9 Å². The lowest BCUT2D eigenvalue weighted by Gasteiger charge is -2.15. The number of quaternary nitrogens is 1. The number of benzene rings is 1. The van der Waals surface area contributed by atoms with Crippen LogP contribution in [0.15, 0.2) is 22.7 Å². The van der Waals surface area contributed by atoms with Crippen molar-refractivity contribution in [3.05, 3.63) is 28.2 Å². The lowest BCUT2D eigenvalue weighted by atomic mass is 10.1. The van der Waals surface area contributed by atoms with E-state index in [4.69, 9.17) is 10.5 Å². The molecule has 0 aliphatic rings. The van der Waals surface area contributed by atoms with Gasteiger partial charge in [-0.1, -0.05) is 0 Å². The molecule has 0 aliphatic heterocycles. The number of halogens is 1. The van der Waals surface area contributed by atoms with E-state index in [2.05, 4.69) is 15.9 Å². The zero-order valence-electron chi connectivity index (χ0n) is 10.2. The van der Waals surface area contributed by atoms with Crippen molar-refractivity contribution in [1.29, 1.82) is 0 Å². The Morgan fingerprint density at radius 1 is 1.47 bits per heavy atom. The van der Waals surface area contributed by atoms with Gasteiger partial charge >= 0.3 is 0 Å². The molecule has 0 aromatic heterocycles. The van der Waals surface area contributed by atoms with Crippen LogP contribution in [0.3, 0.4) is 0 Å². The van der Waals surface area contributed by atoms with Gasteiger partial charge < -0.3 is 15.8 Å². The molecule has 0 bridgehead atoms. The van der Waals surface area contributed by atoms with Gasteiger partial charge in [-0.25, -0.2) is 0 Å². The Hall–Kier alpha value is -1.07. The lowest BCUT2D eigenvalue weighted by molar-refractivity contribution is -0.710. The van der Waals surface area contributed by atoms with Gasteiger partial charge in [0.25, 0.3) is 5.91 Å². The molecule has 0 spiro atoms. The Kier molecular flexibility index (Phi) is 4.96. The third kappa shape index (κ3) is 3.71. The summed E-state index contributed by atoms with van der Waals surface area (Å²) in [4.78, 5) is 11.0. The highest BCUT2D eigenvalue weighted by Crippen LogP contribution is 2.27. The van der Waals surface area contributed by atoms with Gasteiger partial charge in [0.1, 0.15) is 11.8 Å². The number of primary amides is 1. The van der Waals surface area contributed by atoms with Gasteiger partial charge in [0, 0.05) is 5.56 Å². The molecule has 1 amide bonds. The summed E-state index contributed by atoms with van der Waals surface area (Å²) >= 11 is 3.44. The summed E-state index contributed by atoms with van der Waals surface area (Å²) < 4.78 is 6.07. The van der Waals surface area contributed by atoms with Crippen LogP contribution >= 0.6 is 15.9 Å². The summed E-state index contributed by atoms with van der Waals surface area (Å²) in [7, 11) is 1.63. The second-order valence-electron chi connectivity index (χ2n) is 4.07. The molecular formula is C12H18BrN2O2+. The normalized spacial score (nSPS) is 14.1. The summed E-state index contributed by atoms with van der Waals surface area (Å²) in [5, 5.41) is 1.94. The molecule has 1 aromatic rings. The van der Waals surface area contributed by atoms with Crippen molar-refractivity contribution in [2.24, 2.45) is 5.73 Å². The molecule has 1 aromatic carbocycles. The number of amides is 1. The van der Waals surface area contributed by atoms with Crippen molar-refractivity contribution in [3.8, 4) is 5.75 Å². The molecule has 17 heavy (non-hydrogen) atoms. The Balaban J connectivity index is 2.79. The fourth-order valence-corrected chi connectivity index (χ4v) is 2.16. The number of nitrogens with two attached hydrogens (primary N) is 2. The molecule has 0 radical (unpaired) electrons. The minimum Gasteiger partial charge on any atom is -0.496 e. The molecule has 0 saturated heterocycles. The molecule has 1 rings (SSSR count). The minimum atomic E-state index is -0.301. The fraction of sp³-hybridized carbons (Fsp3) is 0.417. The molecule has 4 N–H and O–H groups in total. The topological polar surface area (TPSA) is 68.9 Å². The summed E-state index contributed by atoms with van der Waals surface area (Å²) in [5.41, 5.74) is 6.35. The van der Waals surface area contributed by atoms with Gasteiger partial charge in [0.2, 0.25) is 0 Å². The van der Waals surface area contributed by atoms with E-state index in [-0.39, 0.29) is 18.0 Å². The maximum atomic E-state index is 11.0. The number of carbonyl (C=O) groups excluding carboxylic acids is 1. The van der Waals surface area contributed by atoms with Crippen LogP contribution in [-0.4, -0.2) is 19.1 Å². The molecule has 0 aliphatic carbocycles. The first-order valence-corrected chi connectivity index (χ1v) is 6.22. The van der Waals surface area contributed by atoms with Crippen LogP contribution in [0.1, 0.15) is 25.5 Å². The van der Waals surface area contributed by atoms with Crippen LogP contribution < -0.4 is 15.8 Å². The van der Waals surface area contributed by atoms with Crippen LogP contribution in [0.25, 0.3) is 0 Å².